The van der Waals surface area contributed by atoms with E-state index >= 15 is 0 Å². The maximum Gasteiger partial charge on any atom is 0.280 e. The van der Waals surface area contributed by atoms with Crippen molar-refractivity contribution in [3.8, 4) is 5.69 Å². The minimum atomic E-state index is -0.486. The topological polar surface area (TPSA) is 121 Å². The summed E-state index contributed by atoms with van der Waals surface area (Å²) in [7, 11) is 0. The molecule has 158 valence electrons. The number of hydrogen-bond acceptors (Lipinski definition) is 6. The van der Waals surface area contributed by atoms with Gasteiger partial charge in [-0.1, -0.05) is 23.4 Å². The average molecular weight is 419 g/mol. The fourth-order valence-corrected chi connectivity index (χ4v) is 3.47. The van der Waals surface area contributed by atoms with E-state index in [1.54, 1.807) is 19.1 Å². The van der Waals surface area contributed by atoms with Crippen LogP contribution < -0.4 is 5.32 Å². The molecule has 31 heavy (non-hydrogen) atoms. The SMILES string of the molecule is Cc1c(C(=O)Nc2nc3ccccc3n2C(C)(C)C)nnn1-c1cccc([N+](=O)[O-])c1. The summed E-state index contributed by atoms with van der Waals surface area (Å²) in [5.41, 5.74) is 2.29. The molecule has 2 aromatic heterocycles. The zero-order valence-electron chi connectivity index (χ0n) is 17.5. The summed E-state index contributed by atoms with van der Waals surface area (Å²) in [6.07, 6.45) is 0. The van der Waals surface area contributed by atoms with E-state index in [1.807, 2.05) is 49.6 Å². The van der Waals surface area contributed by atoms with E-state index in [-0.39, 0.29) is 16.9 Å². The highest BCUT2D eigenvalue weighted by Crippen LogP contribution is 2.28. The molecule has 2 aromatic carbocycles. The Hall–Kier alpha value is -4.08. The number of nitrogens with one attached hydrogen (secondary N) is 1. The Bertz CT molecular complexity index is 1310. The number of nitro groups is 1. The molecule has 4 rings (SSSR count). The molecule has 0 aliphatic rings. The van der Waals surface area contributed by atoms with Gasteiger partial charge in [-0.15, -0.1) is 5.10 Å². The van der Waals surface area contributed by atoms with Crippen molar-refractivity contribution in [2.75, 3.05) is 5.32 Å². The van der Waals surface area contributed by atoms with Crippen LogP contribution in [0.5, 0.6) is 0 Å². The Balaban J connectivity index is 1.70. The maximum atomic E-state index is 13.0. The molecule has 0 aliphatic heterocycles. The number of para-hydroxylation sites is 2. The van der Waals surface area contributed by atoms with Gasteiger partial charge in [-0.3, -0.25) is 20.2 Å². The average Bonchev–Trinajstić information content (AvgIpc) is 3.27. The minimum absolute atomic E-state index is 0.0719. The van der Waals surface area contributed by atoms with E-state index in [0.717, 1.165) is 11.0 Å². The van der Waals surface area contributed by atoms with Crippen molar-refractivity contribution in [2.24, 2.45) is 0 Å². The lowest BCUT2D eigenvalue weighted by Crippen LogP contribution is -2.26. The van der Waals surface area contributed by atoms with Crippen LogP contribution in [0.3, 0.4) is 0 Å². The lowest BCUT2D eigenvalue weighted by atomic mass is 10.1. The Kier molecular flexibility index (Phi) is 4.77. The highest BCUT2D eigenvalue weighted by atomic mass is 16.6. The minimum Gasteiger partial charge on any atom is -0.305 e. The van der Waals surface area contributed by atoms with Gasteiger partial charge in [-0.2, -0.15) is 0 Å². The van der Waals surface area contributed by atoms with Gasteiger partial charge in [0.1, 0.15) is 0 Å². The van der Waals surface area contributed by atoms with Crippen LogP contribution in [0.4, 0.5) is 11.6 Å². The lowest BCUT2D eigenvalue weighted by molar-refractivity contribution is -0.384. The summed E-state index contributed by atoms with van der Waals surface area (Å²) in [5, 5.41) is 21.9. The van der Waals surface area contributed by atoms with Gasteiger partial charge in [0.25, 0.3) is 11.6 Å². The Morgan fingerprint density at radius 2 is 1.87 bits per heavy atom. The van der Waals surface area contributed by atoms with Crippen molar-refractivity contribution < 1.29 is 9.72 Å². The molecule has 1 amide bonds. The monoisotopic (exact) mass is 419 g/mol. The first kappa shape index (κ1) is 20.2. The van der Waals surface area contributed by atoms with E-state index in [2.05, 4.69) is 20.6 Å². The van der Waals surface area contributed by atoms with Gasteiger partial charge in [0.05, 0.1) is 27.3 Å². The van der Waals surface area contributed by atoms with Crippen LogP contribution in [0, 0.1) is 17.0 Å². The highest BCUT2D eigenvalue weighted by molar-refractivity contribution is 6.03. The quantitative estimate of drug-likeness (QED) is 0.396. The van der Waals surface area contributed by atoms with Crippen molar-refractivity contribution in [3.63, 3.8) is 0 Å². The number of carbonyl (C=O) groups is 1. The number of amides is 1. The maximum absolute atomic E-state index is 13.0. The summed E-state index contributed by atoms with van der Waals surface area (Å²) in [5.74, 6) is -0.0574. The van der Waals surface area contributed by atoms with E-state index in [4.69, 9.17) is 0 Å². The molecule has 0 saturated carbocycles. The van der Waals surface area contributed by atoms with E-state index < -0.39 is 10.8 Å². The summed E-state index contributed by atoms with van der Waals surface area (Å²) in [6, 6.07) is 13.6. The highest BCUT2D eigenvalue weighted by Gasteiger charge is 2.25. The van der Waals surface area contributed by atoms with Crippen LogP contribution in [-0.4, -0.2) is 35.4 Å². The van der Waals surface area contributed by atoms with Crippen LogP contribution in [0.15, 0.2) is 48.5 Å². The molecule has 0 aliphatic carbocycles. The first-order valence-corrected chi connectivity index (χ1v) is 9.63. The predicted octanol–water partition coefficient (Wildman–Crippen LogP) is 3.84. The smallest absolute Gasteiger partial charge is 0.280 e. The summed E-state index contributed by atoms with van der Waals surface area (Å²) in [6.45, 7) is 7.77. The molecule has 0 radical (unpaired) electrons. The molecule has 4 aromatic rings. The second kappa shape index (κ2) is 7.31. The molecule has 10 nitrogen and oxygen atoms in total. The largest absolute Gasteiger partial charge is 0.305 e. The molecule has 0 saturated heterocycles. The number of fused-ring (bicyclic) bond motifs is 1. The van der Waals surface area contributed by atoms with Crippen LogP contribution >= 0.6 is 0 Å². The number of anilines is 1. The first-order chi connectivity index (χ1) is 14.7. The number of carbonyl (C=O) groups excluding carboxylic acids is 1. The Morgan fingerprint density at radius 1 is 1.13 bits per heavy atom. The number of imidazole rings is 1. The number of benzene rings is 2. The van der Waals surface area contributed by atoms with Crippen molar-refractivity contribution in [1.82, 2.24) is 24.5 Å². The number of hydrogen-bond donors (Lipinski definition) is 1. The second-order valence-corrected chi connectivity index (χ2v) is 8.10. The van der Waals surface area contributed by atoms with Crippen molar-refractivity contribution in [2.45, 2.75) is 33.2 Å². The van der Waals surface area contributed by atoms with Crippen molar-refractivity contribution in [1.29, 1.82) is 0 Å². The third-order valence-electron chi connectivity index (χ3n) is 4.85. The molecule has 0 unspecified atom stereocenters. The number of nitro benzene ring substituents is 1. The molecule has 10 heteroatoms. The number of non-ortho nitro benzene ring substituents is 1. The second-order valence-electron chi connectivity index (χ2n) is 8.10. The van der Waals surface area contributed by atoms with Gasteiger partial charge in [0.2, 0.25) is 5.95 Å². The molecule has 0 spiro atoms. The Labute approximate surface area is 177 Å². The summed E-state index contributed by atoms with van der Waals surface area (Å²) >= 11 is 0. The number of nitrogens with zero attached hydrogens (tertiary/aromatic N) is 6. The Morgan fingerprint density at radius 3 is 2.58 bits per heavy atom. The third kappa shape index (κ3) is 3.63. The molecular weight excluding hydrogens is 398 g/mol. The predicted molar refractivity (Wildman–Crippen MR) is 115 cm³/mol. The number of aromatic nitrogens is 5. The van der Waals surface area contributed by atoms with E-state index in [9.17, 15) is 14.9 Å². The standard InChI is InChI=1S/C21H21N7O3/c1-13-18(24-25-27(13)14-8-7-9-15(12-14)28(30)31)19(29)23-20-22-16-10-5-6-11-17(16)26(20)21(2,3)4/h5-12H,1-4H3,(H,22,23,29). The van der Waals surface area contributed by atoms with Gasteiger partial charge in [-0.25, -0.2) is 9.67 Å². The van der Waals surface area contributed by atoms with Crippen molar-refractivity contribution in [3.05, 3.63) is 70.0 Å². The van der Waals surface area contributed by atoms with Crippen molar-refractivity contribution >= 4 is 28.6 Å². The van der Waals surface area contributed by atoms with Crippen LogP contribution in [-0.2, 0) is 5.54 Å². The van der Waals surface area contributed by atoms with Gasteiger partial charge < -0.3 is 4.57 Å². The van der Waals surface area contributed by atoms with Gasteiger partial charge in [0.15, 0.2) is 5.69 Å². The fraction of sp³-hybridized carbons (Fsp3) is 0.238. The van der Waals surface area contributed by atoms with E-state index in [1.165, 1.54) is 16.8 Å². The molecule has 0 atom stereocenters. The van der Waals surface area contributed by atoms with Crippen LogP contribution in [0.1, 0.15) is 37.0 Å². The van der Waals surface area contributed by atoms with Gasteiger partial charge in [0, 0.05) is 17.7 Å². The molecule has 2 heterocycles. The number of rotatable bonds is 4. The molecule has 0 fully saturated rings. The fourth-order valence-electron chi connectivity index (χ4n) is 3.47. The lowest BCUT2D eigenvalue weighted by Gasteiger charge is -2.24. The zero-order chi connectivity index (χ0) is 22.3. The summed E-state index contributed by atoms with van der Waals surface area (Å²) in [4.78, 5) is 28.2. The van der Waals surface area contributed by atoms with Gasteiger partial charge >= 0.3 is 0 Å². The molecule has 1 N–H and O–H groups in total. The molecule has 0 bridgehead atoms. The third-order valence-corrected chi connectivity index (χ3v) is 4.85. The normalized spacial score (nSPS) is 11.6. The van der Waals surface area contributed by atoms with Crippen LogP contribution in [0.25, 0.3) is 16.7 Å². The van der Waals surface area contributed by atoms with E-state index in [0.29, 0.717) is 17.3 Å². The summed E-state index contributed by atoms with van der Waals surface area (Å²) < 4.78 is 3.36. The first-order valence-electron chi connectivity index (χ1n) is 9.63. The molecular formula is C21H21N7O3. The van der Waals surface area contributed by atoms with Crippen LogP contribution in [0.2, 0.25) is 0 Å². The zero-order valence-corrected chi connectivity index (χ0v) is 17.5. The van der Waals surface area contributed by atoms with Gasteiger partial charge in [-0.05, 0) is 45.9 Å².